The molecule has 160 valence electrons. The maximum Gasteiger partial charge on any atom is 0.258 e. The van der Waals surface area contributed by atoms with Gasteiger partial charge in [-0.05, 0) is 48.9 Å². The van der Waals surface area contributed by atoms with E-state index in [1.54, 1.807) is 67.0 Å². The molecule has 0 bridgehead atoms. The van der Waals surface area contributed by atoms with Crippen LogP contribution >= 0.6 is 0 Å². The lowest BCUT2D eigenvalue weighted by Gasteiger charge is -2.08. The van der Waals surface area contributed by atoms with Gasteiger partial charge in [0.05, 0.1) is 10.9 Å². The first-order valence-corrected chi connectivity index (χ1v) is 10.2. The normalized spacial score (nSPS) is 10.6. The molecular formula is C24H21N5O3. The number of carbonyl (C=O) groups is 2. The molecule has 2 aromatic carbocycles. The van der Waals surface area contributed by atoms with Crippen LogP contribution in [0.3, 0.4) is 0 Å². The summed E-state index contributed by atoms with van der Waals surface area (Å²) in [6.45, 7) is 0. The Bertz CT molecular complexity index is 1320. The van der Waals surface area contributed by atoms with Gasteiger partial charge in [0.25, 0.3) is 11.5 Å². The number of rotatable bonds is 7. The summed E-state index contributed by atoms with van der Waals surface area (Å²) >= 11 is 0. The molecule has 0 unspecified atom stereocenters. The van der Waals surface area contributed by atoms with Crippen molar-refractivity contribution in [1.29, 1.82) is 0 Å². The van der Waals surface area contributed by atoms with Crippen LogP contribution in [-0.4, -0.2) is 26.8 Å². The molecular weight excluding hydrogens is 406 g/mol. The molecule has 0 atom stereocenters. The summed E-state index contributed by atoms with van der Waals surface area (Å²) in [5, 5.41) is 6.13. The summed E-state index contributed by atoms with van der Waals surface area (Å²) < 4.78 is 0. The molecule has 0 radical (unpaired) electrons. The Labute approximate surface area is 183 Å². The highest BCUT2D eigenvalue weighted by molar-refractivity contribution is 6.05. The van der Waals surface area contributed by atoms with E-state index in [4.69, 9.17) is 0 Å². The molecule has 0 aliphatic heterocycles. The van der Waals surface area contributed by atoms with Crippen molar-refractivity contribution in [2.24, 2.45) is 0 Å². The third-order valence-electron chi connectivity index (χ3n) is 4.83. The number of aryl methyl sites for hydroxylation is 1. The van der Waals surface area contributed by atoms with Crippen LogP contribution in [0.2, 0.25) is 0 Å². The topological polar surface area (TPSA) is 117 Å². The van der Waals surface area contributed by atoms with Crippen LogP contribution in [0, 0.1) is 0 Å². The Hall–Kier alpha value is -4.33. The zero-order valence-corrected chi connectivity index (χ0v) is 17.2. The fourth-order valence-corrected chi connectivity index (χ4v) is 3.27. The average Bonchev–Trinajstić information content (AvgIpc) is 2.80. The van der Waals surface area contributed by atoms with Crippen molar-refractivity contribution in [3.05, 3.63) is 94.8 Å². The summed E-state index contributed by atoms with van der Waals surface area (Å²) in [7, 11) is 0. The summed E-state index contributed by atoms with van der Waals surface area (Å²) in [6, 6.07) is 17.3. The fraction of sp³-hybridized carbons (Fsp3) is 0.125. The van der Waals surface area contributed by atoms with Crippen LogP contribution in [0.15, 0.2) is 77.9 Å². The number of anilines is 2. The van der Waals surface area contributed by atoms with E-state index in [-0.39, 0.29) is 23.8 Å². The fourth-order valence-electron chi connectivity index (χ4n) is 3.27. The number of hydrogen-bond donors (Lipinski definition) is 3. The van der Waals surface area contributed by atoms with Crippen molar-refractivity contribution in [3.63, 3.8) is 0 Å². The number of amides is 2. The third kappa shape index (κ3) is 5.23. The summed E-state index contributed by atoms with van der Waals surface area (Å²) in [5.74, 6) is 0.0924. The molecule has 0 fully saturated rings. The van der Waals surface area contributed by atoms with Crippen molar-refractivity contribution in [1.82, 2.24) is 15.0 Å². The Morgan fingerprint density at radius 2 is 1.72 bits per heavy atom. The molecule has 2 amide bonds. The zero-order chi connectivity index (χ0) is 22.3. The molecule has 0 saturated heterocycles. The zero-order valence-electron chi connectivity index (χ0n) is 17.2. The first kappa shape index (κ1) is 20.9. The van der Waals surface area contributed by atoms with Crippen LogP contribution in [0.4, 0.5) is 11.4 Å². The number of aromatic amines is 1. The van der Waals surface area contributed by atoms with Gasteiger partial charge in [0, 0.05) is 42.2 Å². The number of nitrogens with one attached hydrogen (secondary N) is 3. The third-order valence-corrected chi connectivity index (χ3v) is 4.83. The molecule has 0 saturated carbocycles. The van der Waals surface area contributed by atoms with Crippen molar-refractivity contribution in [2.45, 2.75) is 19.3 Å². The highest BCUT2D eigenvalue weighted by Gasteiger charge is 2.09. The Kier molecular flexibility index (Phi) is 6.31. The van der Waals surface area contributed by atoms with Gasteiger partial charge in [0.2, 0.25) is 5.91 Å². The molecule has 2 aromatic heterocycles. The lowest BCUT2D eigenvalue weighted by molar-refractivity contribution is -0.116. The van der Waals surface area contributed by atoms with E-state index in [1.807, 2.05) is 6.07 Å². The molecule has 4 aromatic rings. The van der Waals surface area contributed by atoms with Crippen LogP contribution in [0.1, 0.15) is 29.0 Å². The maximum absolute atomic E-state index is 12.4. The van der Waals surface area contributed by atoms with Gasteiger partial charge in [-0.15, -0.1) is 0 Å². The second-order valence-electron chi connectivity index (χ2n) is 7.20. The van der Waals surface area contributed by atoms with Gasteiger partial charge in [0.15, 0.2) is 0 Å². The molecule has 0 aliphatic carbocycles. The number of fused-ring (bicyclic) bond motifs is 1. The summed E-state index contributed by atoms with van der Waals surface area (Å²) in [4.78, 5) is 48.0. The van der Waals surface area contributed by atoms with Crippen molar-refractivity contribution in [3.8, 4) is 0 Å². The number of para-hydroxylation sites is 1. The number of aromatic nitrogens is 3. The SMILES string of the molecule is O=C(CCCc1nc2ccccc2c(=O)[nH]1)Nc1cccc(C(=O)Nc2ccncc2)c1. The Balaban J connectivity index is 1.32. The van der Waals surface area contributed by atoms with E-state index < -0.39 is 0 Å². The lowest BCUT2D eigenvalue weighted by Crippen LogP contribution is -2.15. The maximum atomic E-state index is 12.4. The van der Waals surface area contributed by atoms with Crippen molar-refractivity contribution < 1.29 is 9.59 Å². The minimum Gasteiger partial charge on any atom is -0.326 e. The van der Waals surface area contributed by atoms with Gasteiger partial charge >= 0.3 is 0 Å². The number of carbonyl (C=O) groups excluding carboxylic acids is 2. The Morgan fingerprint density at radius 1 is 0.906 bits per heavy atom. The second kappa shape index (κ2) is 9.65. The van der Waals surface area contributed by atoms with Gasteiger partial charge in [-0.1, -0.05) is 18.2 Å². The molecule has 2 heterocycles. The first-order valence-electron chi connectivity index (χ1n) is 10.2. The van der Waals surface area contributed by atoms with Gasteiger partial charge < -0.3 is 15.6 Å². The van der Waals surface area contributed by atoms with Gasteiger partial charge in [-0.3, -0.25) is 19.4 Å². The monoisotopic (exact) mass is 427 g/mol. The Morgan fingerprint density at radius 3 is 2.56 bits per heavy atom. The van der Waals surface area contributed by atoms with Crippen LogP contribution in [0.25, 0.3) is 10.9 Å². The summed E-state index contributed by atoms with van der Waals surface area (Å²) in [6.07, 6.45) is 4.44. The molecule has 3 N–H and O–H groups in total. The number of pyridine rings is 1. The summed E-state index contributed by atoms with van der Waals surface area (Å²) in [5.41, 5.74) is 2.06. The van der Waals surface area contributed by atoms with Crippen molar-refractivity contribution >= 4 is 34.1 Å². The van der Waals surface area contributed by atoms with E-state index >= 15 is 0 Å². The molecule has 0 aliphatic rings. The molecule has 8 nitrogen and oxygen atoms in total. The molecule has 4 rings (SSSR count). The number of hydrogen-bond acceptors (Lipinski definition) is 5. The van der Waals surface area contributed by atoms with Gasteiger partial charge in [-0.2, -0.15) is 0 Å². The number of H-pyrrole nitrogens is 1. The standard InChI is InChI=1S/C24H21N5O3/c30-22(10-4-9-21-28-20-8-2-1-7-19(20)24(32)29-21)26-18-6-3-5-16(15-18)23(31)27-17-11-13-25-14-12-17/h1-3,5-8,11-15H,4,9-10H2,(H,26,30)(H,25,27,31)(H,28,29,32). The van der Waals surface area contributed by atoms with Crippen LogP contribution in [0.5, 0.6) is 0 Å². The smallest absolute Gasteiger partial charge is 0.258 e. The van der Waals surface area contributed by atoms with Crippen LogP contribution < -0.4 is 16.2 Å². The molecule has 8 heteroatoms. The van der Waals surface area contributed by atoms with E-state index in [9.17, 15) is 14.4 Å². The number of nitrogens with zero attached hydrogens (tertiary/aromatic N) is 2. The largest absolute Gasteiger partial charge is 0.326 e. The highest BCUT2D eigenvalue weighted by atomic mass is 16.2. The lowest BCUT2D eigenvalue weighted by atomic mass is 10.1. The number of benzene rings is 2. The molecule has 0 spiro atoms. The van der Waals surface area contributed by atoms with Crippen molar-refractivity contribution in [2.75, 3.05) is 10.6 Å². The van der Waals surface area contributed by atoms with E-state index in [0.29, 0.717) is 46.5 Å². The highest BCUT2D eigenvalue weighted by Crippen LogP contribution is 2.14. The van der Waals surface area contributed by atoms with Crippen LogP contribution in [-0.2, 0) is 11.2 Å². The van der Waals surface area contributed by atoms with E-state index in [0.717, 1.165) is 0 Å². The van der Waals surface area contributed by atoms with Gasteiger partial charge in [0.1, 0.15) is 5.82 Å². The average molecular weight is 427 g/mol. The predicted molar refractivity (Wildman–Crippen MR) is 123 cm³/mol. The minimum atomic E-state index is -0.279. The predicted octanol–water partition coefficient (Wildman–Crippen LogP) is 3.53. The van der Waals surface area contributed by atoms with Gasteiger partial charge in [-0.25, -0.2) is 4.98 Å². The minimum absolute atomic E-state index is 0.181. The first-order chi connectivity index (χ1) is 15.6. The van der Waals surface area contributed by atoms with E-state index in [1.165, 1.54) is 0 Å². The van der Waals surface area contributed by atoms with E-state index in [2.05, 4.69) is 25.6 Å². The molecule has 32 heavy (non-hydrogen) atoms. The second-order valence-corrected chi connectivity index (χ2v) is 7.20. The quantitative estimate of drug-likeness (QED) is 0.417.